The van der Waals surface area contributed by atoms with E-state index < -0.39 is 0 Å². The minimum atomic E-state index is -0.185. The summed E-state index contributed by atoms with van der Waals surface area (Å²) in [5, 5.41) is 2.90. The first-order chi connectivity index (χ1) is 12.6. The Morgan fingerprint density at radius 1 is 1.00 bits per heavy atom. The maximum atomic E-state index is 12.3. The van der Waals surface area contributed by atoms with E-state index in [1.807, 2.05) is 50.2 Å². The lowest BCUT2D eigenvalue weighted by Gasteiger charge is -2.08. The van der Waals surface area contributed by atoms with Crippen LogP contribution in [0.15, 0.2) is 65.3 Å². The van der Waals surface area contributed by atoms with Crippen LogP contribution in [0, 0.1) is 13.8 Å². The Balaban J connectivity index is 1.68. The summed E-state index contributed by atoms with van der Waals surface area (Å²) in [7, 11) is 0. The Hall–Kier alpha value is -3.47. The monoisotopic (exact) mass is 343 g/mol. The van der Waals surface area contributed by atoms with Gasteiger partial charge in [0.1, 0.15) is 5.52 Å². The number of nitrogens with zero attached hydrogens (tertiary/aromatic N) is 2. The zero-order valence-electron chi connectivity index (χ0n) is 14.5. The average molecular weight is 343 g/mol. The molecule has 0 fully saturated rings. The number of fused-ring (bicyclic) bond motifs is 1. The van der Waals surface area contributed by atoms with Gasteiger partial charge in [-0.15, -0.1) is 0 Å². The van der Waals surface area contributed by atoms with Crippen LogP contribution in [0.25, 0.3) is 22.6 Å². The van der Waals surface area contributed by atoms with Crippen molar-refractivity contribution in [1.82, 2.24) is 9.97 Å². The summed E-state index contributed by atoms with van der Waals surface area (Å²) in [4.78, 5) is 20.8. The molecule has 0 unspecified atom stereocenters. The highest BCUT2D eigenvalue weighted by Crippen LogP contribution is 2.29. The molecule has 5 nitrogen and oxygen atoms in total. The fraction of sp³-hybridized carbons (Fsp3) is 0.0952. The minimum Gasteiger partial charge on any atom is -0.436 e. The fourth-order valence-electron chi connectivity index (χ4n) is 2.78. The van der Waals surface area contributed by atoms with Gasteiger partial charge in [0, 0.05) is 29.2 Å². The number of nitrogens with one attached hydrogen (secondary N) is 1. The van der Waals surface area contributed by atoms with Crippen molar-refractivity contribution in [3.05, 3.63) is 77.6 Å². The molecule has 0 bridgehead atoms. The Morgan fingerprint density at radius 2 is 1.81 bits per heavy atom. The SMILES string of the molecule is Cc1ccc2nc(-c3cc(NC(=O)c4ccncc4)ccc3C)oc2c1. The third kappa shape index (κ3) is 3.07. The van der Waals surface area contributed by atoms with Gasteiger partial charge >= 0.3 is 0 Å². The van der Waals surface area contributed by atoms with E-state index >= 15 is 0 Å². The number of aryl methyl sites for hydroxylation is 2. The molecule has 0 saturated carbocycles. The topological polar surface area (TPSA) is 68.0 Å². The van der Waals surface area contributed by atoms with Crippen molar-refractivity contribution in [1.29, 1.82) is 0 Å². The van der Waals surface area contributed by atoms with Crippen molar-refractivity contribution >= 4 is 22.7 Å². The lowest BCUT2D eigenvalue weighted by atomic mass is 10.1. The first-order valence-electron chi connectivity index (χ1n) is 8.30. The highest BCUT2D eigenvalue weighted by molar-refractivity contribution is 6.04. The van der Waals surface area contributed by atoms with E-state index in [9.17, 15) is 4.79 Å². The number of hydrogen-bond acceptors (Lipinski definition) is 4. The number of pyridine rings is 1. The van der Waals surface area contributed by atoms with Gasteiger partial charge in [-0.1, -0.05) is 12.1 Å². The van der Waals surface area contributed by atoms with Crippen molar-refractivity contribution in [2.75, 3.05) is 5.32 Å². The predicted molar refractivity (Wildman–Crippen MR) is 101 cm³/mol. The number of anilines is 1. The van der Waals surface area contributed by atoms with E-state index in [4.69, 9.17) is 4.42 Å². The standard InChI is InChI=1S/C21H17N3O2/c1-13-3-6-18-19(11-13)26-21(24-18)17-12-16(5-4-14(17)2)23-20(25)15-7-9-22-10-8-15/h3-12H,1-2H3,(H,23,25). The van der Waals surface area contributed by atoms with Gasteiger partial charge in [0.25, 0.3) is 5.91 Å². The number of benzene rings is 2. The molecule has 0 aliphatic heterocycles. The van der Waals surface area contributed by atoms with Gasteiger partial charge in [0.2, 0.25) is 5.89 Å². The van der Waals surface area contributed by atoms with Crippen LogP contribution in [-0.4, -0.2) is 15.9 Å². The molecule has 0 aliphatic carbocycles. The van der Waals surface area contributed by atoms with Gasteiger partial charge in [-0.3, -0.25) is 9.78 Å². The van der Waals surface area contributed by atoms with Crippen LogP contribution in [-0.2, 0) is 0 Å². The molecule has 0 atom stereocenters. The van der Waals surface area contributed by atoms with Crippen LogP contribution in [0.4, 0.5) is 5.69 Å². The number of carbonyl (C=O) groups is 1. The second-order valence-electron chi connectivity index (χ2n) is 6.21. The molecule has 0 radical (unpaired) electrons. The maximum Gasteiger partial charge on any atom is 0.255 e. The summed E-state index contributed by atoms with van der Waals surface area (Å²) in [5.41, 5.74) is 5.81. The summed E-state index contributed by atoms with van der Waals surface area (Å²) < 4.78 is 5.93. The second kappa shape index (κ2) is 6.44. The van der Waals surface area contributed by atoms with Gasteiger partial charge in [0.05, 0.1) is 0 Å². The van der Waals surface area contributed by atoms with E-state index in [0.717, 1.165) is 27.8 Å². The third-order valence-corrected chi connectivity index (χ3v) is 4.21. The Kier molecular flexibility index (Phi) is 3.97. The summed E-state index contributed by atoms with van der Waals surface area (Å²) in [6, 6.07) is 15.0. The summed E-state index contributed by atoms with van der Waals surface area (Å²) in [5.74, 6) is 0.360. The van der Waals surface area contributed by atoms with Gasteiger partial charge in [-0.05, 0) is 61.4 Å². The molecule has 0 spiro atoms. The summed E-state index contributed by atoms with van der Waals surface area (Å²) in [6.07, 6.45) is 3.19. The predicted octanol–water partition coefficient (Wildman–Crippen LogP) is 4.76. The molecule has 4 rings (SSSR count). The van der Waals surface area contributed by atoms with Gasteiger partial charge in [0.15, 0.2) is 5.58 Å². The fourth-order valence-corrected chi connectivity index (χ4v) is 2.78. The number of rotatable bonds is 3. The van der Waals surface area contributed by atoms with Crippen LogP contribution in [0.2, 0.25) is 0 Å². The average Bonchev–Trinajstić information content (AvgIpc) is 3.07. The van der Waals surface area contributed by atoms with Crippen molar-refractivity contribution in [3.8, 4) is 11.5 Å². The molecule has 2 aromatic heterocycles. The number of amides is 1. The lowest BCUT2D eigenvalue weighted by Crippen LogP contribution is -2.11. The van der Waals surface area contributed by atoms with Gasteiger partial charge < -0.3 is 9.73 Å². The number of aromatic nitrogens is 2. The molecule has 128 valence electrons. The first-order valence-corrected chi connectivity index (χ1v) is 8.30. The quantitative estimate of drug-likeness (QED) is 0.582. The Morgan fingerprint density at radius 3 is 2.62 bits per heavy atom. The maximum absolute atomic E-state index is 12.3. The Labute approximate surface area is 150 Å². The molecule has 1 N–H and O–H groups in total. The molecule has 2 heterocycles. The molecular formula is C21H17N3O2. The van der Waals surface area contributed by atoms with Crippen molar-refractivity contribution in [2.45, 2.75) is 13.8 Å². The molecule has 4 aromatic rings. The van der Waals surface area contributed by atoms with Crippen molar-refractivity contribution in [3.63, 3.8) is 0 Å². The highest BCUT2D eigenvalue weighted by atomic mass is 16.3. The molecule has 0 aliphatic rings. The number of hydrogen-bond donors (Lipinski definition) is 1. The molecule has 0 saturated heterocycles. The first kappa shape index (κ1) is 16.0. The lowest BCUT2D eigenvalue weighted by molar-refractivity contribution is 0.102. The highest BCUT2D eigenvalue weighted by Gasteiger charge is 2.13. The second-order valence-corrected chi connectivity index (χ2v) is 6.21. The van der Waals surface area contributed by atoms with Crippen LogP contribution in [0.3, 0.4) is 0 Å². The Bertz CT molecular complexity index is 1100. The van der Waals surface area contributed by atoms with Crippen molar-refractivity contribution in [2.24, 2.45) is 0 Å². The minimum absolute atomic E-state index is 0.185. The van der Waals surface area contributed by atoms with E-state index in [0.29, 0.717) is 17.1 Å². The summed E-state index contributed by atoms with van der Waals surface area (Å²) >= 11 is 0. The zero-order chi connectivity index (χ0) is 18.1. The normalized spacial score (nSPS) is 10.8. The van der Waals surface area contributed by atoms with Crippen LogP contribution >= 0.6 is 0 Å². The molecule has 1 amide bonds. The molecular weight excluding hydrogens is 326 g/mol. The van der Waals surface area contributed by atoms with Gasteiger partial charge in [-0.2, -0.15) is 0 Å². The van der Waals surface area contributed by atoms with Gasteiger partial charge in [-0.25, -0.2) is 4.98 Å². The van der Waals surface area contributed by atoms with Crippen LogP contribution < -0.4 is 5.32 Å². The number of carbonyl (C=O) groups excluding carboxylic acids is 1. The van der Waals surface area contributed by atoms with E-state index in [1.54, 1.807) is 24.5 Å². The largest absolute Gasteiger partial charge is 0.436 e. The van der Waals surface area contributed by atoms with Crippen molar-refractivity contribution < 1.29 is 9.21 Å². The molecule has 5 heteroatoms. The number of oxazole rings is 1. The van der Waals surface area contributed by atoms with Crippen LogP contribution in [0.5, 0.6) is 0 Å². The summed E-state index contributed by atoms with van der Waals surface area (Å²) in [6.45, 7) is 4.01. The van der Waals surface area contributed by atoms with E-state index in [-0.39, 0.29) is 5.91 Å². The third-order valence-electron chi connectivity index (χ3n) is 4.21. The smallest absolute Gasteiger partial charge is 0.255 e. The molecule has 26 heavy (non-hydrogen) atoms. The van der Waals surface area contributed by atoms with Crippen LogP contribution in [0.1, 0.15) is 21.5 Å². The van der Waals surface area contributed by atoms with E-state index in [1.165, 1.54) is 0 Å². The molecule has 2 aromatic carbocycles. The zero-order valence-corrected chi connectivity index (χ0v) is 14.5. The van der Waals surface area contributed by atoms with E-state index in [2.05, 4.69) is 15.3 Å².